The lowest BCUT2D eigenvalue weighted by molar-refractivity contribution is -0.137. The molecule has 0 spiro atoms. The zero-order valence-electron chi connectivity index (χ0n) is 17.8. The molecule has 0 saturated heterocycles. The van der Waals surface area contributed by atoms with Crippen LogP contribution in [0, 0.1) is 0 Å². The molecule has 0 saturated carbocycles. The van der Waals surface area contributed by atoms with Gasteiger partial charge in [0, 0.05) is 24.2 Å². The number of aliphatic hydroxyl groups is 1. The number of hydrogen-bond acceptors (Lipinski definition) is 5. The normalized spacial score (nSPS) is 23.1. The fourth-order valence-electron chi connectivity index (χ4n) is 4.89. The first-order valence-electron chi connectivity index (χ1n) is 10.9. The highest BCUT2D eigenvalue weighted by molar-refractivity contribution is 6.39. The largest absolute Gasteiger partial charge is 0.493 e. The van der Waals surface area contributed by atoms with Crippen LogP contribution in [0.2, 0.25) is 0 Å². The molecule has 2 atom stereocenters. The summed E-state index contributed by atoms with van der Waals surface area (Å²) in [6, 6.07) is 10.7. The molecule has 0 radical (unpaired) electrons. The van der Waals surface area contributed by atoms with Gasteiger partial charge in [0.2, 0.25) is 5.91 Å². The SMILES string of the molecule is CC1C(=O)N2CCCc3cc(NC(=O)C(=O)NCC4(O)CCOc5ccccc54)cc1c32. The summed E-state index contributed by atoms with van der Waals surface area (Å²) in [6.45, 7) is 2.80. The second-order valence-corrected chi connectivity index (χ2v) is 8.65. The maximum absolute atomic E-state index is 12.6. The Bertz CT molecular complexity index is 1130. The Morgan fingerprint density at radius 2 is 2.06 bits per heavy atom. The fourth-order valence-corrected chi connectivity index (χ4v) is 4.89. The monoisotopic (exact) mass is 435 g/mol. The maximum atomic E-state index is 12.6. The van der Waals surface area contributed by atoms with E-state index >= 15 is 0 Å². The van der Waals surface area contributed by atoms with Crippen molar-refractivity contribution in [2.45, 2.75) is 37.7 Å². The lowest BCUT2D eigenvalue weighted by Gasteiger charge is -2.34. The van der Waals surface area contributed by atoms with Crippen LogP contribution in [0.1, 0.15) is 42.4 Å². The van der Waals surface area contributed by atoms with Crippen LogP contribution in [0.5, 0.6) is 5.75 Å². The molecule has 32 heavy (non-hydrogen) atoms. The quantitative estimate of drug-likeness (QED) is 0.638. The van der Waals surface area contributed by atoms with Crippen molar-refractivity contribution in [3.8, 4) is 5.75 Å². The minimum Gasteiger partial charge on any atom is -0.493 e. The Kier molecular flexibility index (Phi) is 4.89. The molecular formula is C24H25N3O5. The number of anilines is 2. The molecule has 2 aromatic carbocycles. The van der Waals surface area contributed by atoms with E-state index < -0.39 is 17.4 Å². The zero-order chi connectivity index (χ0) is 22.5. The summed E-state index contributed by atoms with van der Waals surface area (Å²) in [5.74, 6) is -1.26. The van der Waals surface area contributed by atoms with Crippen LogP contribution in [-0.2, 0) is 26.4 Å². The molecule has 3 heterocycles. The molecule has 166 valence electrons. The summed E-state index contributed by atoms with van der Waals surface area (Å²) in [7, 11) is 0. The van der Waals surface area contributed by atoms with Crippen molar-refractivity contribution in [3.05, 3.63) is 53.1 Å². The van der Waals surface area contributed by atoms with Gasteiger partial charge in [0.15, 0.2) is 0 Å². The average molecular weight is 435 g/mol. The molecule has 2 aromatic rings. The summed E-state index contributed by atoms with van der Waals surface area (Å²) in [5, 5.41) is 16.2. The standard InChI is InChI=1S/C24H25N3O5/c1-14-17-12-16(11-15-5-4-9-27(20(15)17)23(14)30)26-22(29)21(28)25-13-24(31)8-10-32-19-7-3-2-6-18(19)24/h2-3,6-7,11-12,14,31H,4-5,8-10,13H2,1H3,(H,25,28)(H,26,29). The first-order valence-corrected chi connectivity index (χ1v) is 10.9. The number of nitrogens with one attached hydrogen (secondary N) is 2. The summed E-state index contributed by atoms with van der Waals surface area (Å²) >= 11 is 0. The van der Waals surface area contributed by atoms with Crippen molar-refractivity contribution < 1.29 is 24.2 Å². The van der Waals surface area contributed by atoms with Gasteiger partial charge in [-0.15, -0.1) is 0 Å². The predicted octanol–water partition coefficient (Wildman–Crippen LogP) is 1.81. The number of fused-ring (bicyclic) bond motifs is 1. The van der Waals surface area contributed by atoms with E-state index in [1.165, 1.54) is 0 Å². The van der Waals surface area contributed by atoms with E-state index in [2.05, 4.69) is 10.6 Å². The summed E-state index contributed by atoms with van der Waals surface area (Å²) in [5.41, 5.74) is 2.63. The molecule has 0 aliphatic carbocycles. The van der Waals surface area contributed by atoms with Crippen molar-refractivity contribution in [1.29, 1.82) is 0 Å². The molecule has 8 nitrogen and oxygen atoms in total. The van der Waals surface area contributed by atoms with Gasteiger partial charge in [-0.2, -0.15) is 0 Å². The van der Waals surface area contributed by atoms with Crippen molar-refractivity contribution in [1.82, 2.24) is 5.32 Å². The molecule has 0 bridgehead atoms. The van der Waals surface area contributed by atoms with Crippen molar-refractivity contribution in [3.63, 3.8) is 0 Å². The van der Waals surface area contributed by atoms with Crippen LogP contribution < -0.4 is 20.3 Å². The van der Waals surface area contributed by atoms with E-state index in [9.17, 15) is 19.5 Å². The number of carbonyl (C=O) groups excluding carboxylic acids is 3. The molecule has 3 N–H and O–H groups in total. The minimum atomic E-state index is -1.30. The van der Waals surface area contributed by atoms with E-state index in [1.807, 2.05) is 24.0 Å². The first kappa shape index (κ1) is 20.5. The van der Waals surface area contributed by atoms with E-state index in [4.69, 9.17) is 4.74 Å². The number of nitrogens with zero attached hydrogens (tertiary/aromatic N) is 1. The summed E-state index contributed by atoms with van der Waals surface area (Å²) in [4.78, 5) is 39.4. The molecule has 3 aliphatic heterocycles. The molecule has 0 fully saturated rings. The summed E-state index contributed by atoms with van der Waals surface area (Å²) < 4.78 is 5.56. The first-order chi connectivity index (χ1) is 15.4. The van der Waals surface area contributed by atoms with Gasteiger partial charge in [-0.05, 0) is 49.1 Å². The van der Waals surface area contributed by atoms with Gasteiger partial charge in [0.05, 0.1) is 24.8 Å². The zero-order valence-corrected chi connectivity index (χ0v) is 17.8. The number of aryl methyl sites for hydroxylation is 1. The molecule has 3 amide bonds. The Labute approximate surface area is 185 Å². The van der Waals surface area contributed by atoms with Crippen LogP contribution in [0.4, 0.5) is 11.4 Å². The molecule has 0 aromatic heterocycles. The Hall–Kier alpha value is -3.39. The number of rotatable bonds is 3. The Morgan fingerprint density at radius 3 is 2.91 bits per heavy atom. The Morgan fingerprint density at radius 1 is 1.25 bits per heavy atom. The summed E-state index contributed by atoms with van der Waals surface area (Å²) in [6.07, 6.45) is 2.00. The van der Waals surface area contributed by atoms with Gasteiger partial charge in [0.25, 0.3) is 0 Å². The third kappa shape index (κ3) is 3.31. The highest BCUT2D eigenvalue weighted by Gasteiger charge is 2.39. The number of carbonyl (C=O) groups is 3. The van der Waals surface area contributed by atoms with Crippen LogP contribution in [0.3, 0.4) is 0 Å². The third-order valence-corrected chi connectivity index (χ3v) is 6.59. The second-order valence-electron chi connectivity index (χ2n) is 8.65. The van der Waals surface area contributed by atoms with Crippen molar-refractivity contribution in [2.24, 2.45) is 0 Å². The highest BCUT2D eigenvalue weighted by atomic mass is 16.5. The number of para-hydroxylation sites is 1. The van der Waals surface area contributed by atoms with E-state index in [0.29, 0.717) is 36.6 Å². The van der Waals surface area contributed by atoms with Gasteiger partial charge < -0.3 is 25.4 Å². The number of amides is 3. The fraction of sp³-hybridized carbons (Fsp3) is 0.375. The van der Waals surface area contributed by atoms with Crippen LogP contribution in [0.15, 0.2) is 36.4 Å². The van der Waals surface area contributed by atoms with Crippen molar-refractivity contribution in [2.75, 3.05) is 29.9 Å². The number of hydrogen-bond donors (Lipinski definition) is 3. The molecular weight excluding hydrogens is 410 g/mol. The van der Waals surface area contributed by atoms with Gasteiger partial charge in [-0.25, -0.2) is 0 Å². The van der Waals surface area contributed by atoms with Gasteiger partial charge in [-0.3, -0.25) is 14.4 Å². The molecule has 2 unspecified atom stereocenters. The molecule has 5 rings (SSSR count). The van der Waals surface area contributed by atoms with Gasteiger partial charge >= 0.3 is 11.8 Å². The minimum absolute atomic E-state index is 0.0761. The predicted molar refractivity (Wildman–Crippen MR) is 118 cm³/mol. The Balaban J connectivity index is 1.29. The van der Waals surface area contributed by atoms with Crippen LogP contribution in [-0.4, -0.2) is 42.5 Å². The highest BCUT2D eigenvalue weighted by Crippen LogP contribution is 2.44. The number of ether oxygens (including phenoxy) is 1. The average Bonchev–Trinajstić information content (AvgIpc) is 3.04. The smallest absolute Gasteiger partial charge is 0.313 e. The lowest BCUT2D eigenvalue weighted by Crippen LogP contribution is -2.46. The molecule has 8 heteroatoms. The van der Waals surface area contributed by atoms with Crippen molar-refractivity contribution >= 4 is 29.1 Å². The maximum Gasteiger partial charge on any atom is 0.313 e. The van der Waals surface area contributed by atoms with E-state index in [0.717, 1.165) is 29.7 Å². The number of benzene rings is 2. The topological polar surface area (TPSA) is 108 Å². The van der Waals surface area contributed by atoms with Gasteiger partial charge in [0.1, 0.15) is 11.4 Å². The second kappa shape index (κ2) is 7.63. The lowest BCUT2D eigenvalue weighted by atomic mass is 9.88. The van der Waals surface area contributed by atoms with E-state index in [-0.39, 0.29) is 18.4 Å². The van der Waals surface area contributed by atoms with Gasteiger partial charge in [-0.1, -0.05) is 18.2 Å². The molecule has 3 aliphatic rings. The van der Waals surface area contributed by atoms with Crippen LogP contribution in [0.25, 0.3) is 0 Å². The third-order valence-electron chi connectivity index (χ3n) is 6.59. The van der Waals surface area contributed by atoms with Crippen LogP contribution >= 0.6 is 0 Å². The van der Waals surface area contributed by atoms with E-state index in [1.54, 1.807) is 24.3 Å².